The number of esters is 1. The number of hydrogen-bond acceptors (Lipinski definition) is 5. The number of fused-ring (bicyclic) bond motifs is 1. The highest BCUT2D eigenvalue weighted by Gasteiger charge is 2.35. The number of ether oxygens (including phenoxy) is 1. The van der Waals surface area contributed by atoms with Crippen LogP contribution in [0.2, 0.25) is 0 Å². The Morgan fingerprint density at radius 2 is 1.77 bits per heavy atom. The molecule has 2 aromatic carbocycles. The van der Waals surface area contributed by atoms with Crippen molar-refractivity contribution in [3.8, 4) is 0 Å². The van der Waals surface area contributed by atoms with Crippen LogP contribution in [-0.4, -0.2) is 41.7 Å². The summed E-state index contributed by atoms with van der Waals surface area (Å²) in [6.07, 6.45) is 2.14. The third kappa shape index (κ3) is 4.71. The lowest BCUT2D eigenvalue weighted by Gasteiger charge is -2.17. The predicted molar refractivity (Wildman–Crippen MR) is 115 cm³/mol. The number of benzene rings is 2. The zero-order valence-corrected chi connectivity index (χ0v) is 17.5. The third-order valence-corrected chi connectivity index (χ3v) is 5.08. The molecule has 31 heavy (non-hydrogen) atoms. The molecule has 0 aliphatic carbocycles. The molecule has 1 atom stereocenters. The summed E-state index contributed by atoms with van der Waals surface area (Å²) >= 11 is 0. The maximum Gasteiger partial charge on any atom is 0.338 e. The zero-order valence-electron chi connectivity index (χ0n) is 17.5. The van der Waals surface area contributed by atoms with E-state index < -0.39 is 30.3 Å². The van der Waals surface area contributed by atoms with Crippen LogP contribution in [0.4, 0.5) is 0 Å². The Kier molecular flexibility index (Phi) is 6.65. The first-order chi connectivity index (χ1) is 14.8. The molecule has 2 aromatic rings. The van der Waals surface area contributed by atoms with Crippen LogP contribution >= 0.6 is 0 Å². The monoisotopic (exact) mass is 420 g/mol. The van der Waals surface area contributed by atoms with Crippen molar-refractivity contribution >= 4 is 23.7 Å². The maximum absolute atomic E-state index is 12.4. The largest absolute Gasteiger partial charge is 0.452 e. The second kappa shape index (κ2) is 9.38. The highest BCUT2D eigenvalue weighted by molar-refractivity contribution is 6.22. The molecule has 0 saturated heterocycles. The summed E-state index contributed by atoms with van der Waals surface area (Å²) in [5.41, 5.74) is 2.56. The van der Waals surface area contributed by atoms with Crippen molar-refractivity contribution < 1.29 is 23.9 Å². The Balaban J connectivity index is 1.62. The first kappa shape index (κ1) is 22.0. The molecule has 0 saturated carbocycles. The van der Waals surface area contributed by atoms with Crippen molar-refractivity contribution in [1.29, 1.82) is 0 Å². The van der Waals surface area contributed by atoms with Gasteiger partial charge >= 0.3 is 5.97 Å². The van der Waals surface area contributed by atoms with Gasteiger partial charge in [-0.25, -0.2) is 4.79 Å². The van der Waals surface area contributed by atoms with E-state index in [9.17, 15) is 19.2 Å². The van der Waals surface area contributed by atoms with Crippen LogP contribution < -0.4 is 5.32 Å². The van der Waals surface area contributed by atoms with Crippen molar-refractivity contribution in [2.75, 3.05) is 13.2 Å². The van der Waals surface area contributed by atoms with Crippen molar-refractivity contribution in [2.45, 2.75) is 26.3 Å². The SMILES string of the molecule is C=CCN1C(=O)c2ccc(C(=O)OCC(=O)N[C@H](CC)c3ccc(C)cc3)cc2C1=O. The lowest BCUT2D eigenvalue weighted by Crippen LogP contribution is -2.32. The average molecular weight is 420 g/mol. The van der Waals surface area contributed by atoms with E-state index >= 15 is 0 Å². The molecule has 1 aliphatic heterocycles. The van der Waals surface area contributed by atoms with E-state index in [-0.39, 0.29) is 29.3 Å². The molecule has 3 rings (SSSR count). The Hall–Kier alpha value is -3.74. The Labute approximate surface area is 180 Å². The number of carbonyl (C=O) groups is 4. The van der Waals surface area contributed by atoms with Crippen LogP contribution in [0.5, 0.6) is 0 Å². The number of imide groups is 1. The van der Waals surface area contributed by atoms with Crippen LogP contribution in [0.25, 0.3) is 0 Å². The van der Waals surface area contributed by atoms with E-state index in [4.69, 9.17) is 4.74 Å². The summed E-state index contributed by atoms with van der Waals surface area (Å²) in [7, 11) is 0. The highest BCUT2D eigenvalue weighted by atomic mass is 16.5. The second-order valence-electron chi connectivity index (χ2n) is 7.29. The first-order valence-corrected chi connectivity index (χ1v) is 9.99. The molecule has 160 valence electrons. The van der Waals surface area contributed by atoms with Crippen molar-refractivity contribution in [2.24, 2.45) is 0 Å². The van der Waals surface area contributed by atoms with Crippen molar-refractivity contribution in [1.82, 2.24) is 10.2 Å². The molecule has 3 amide bonds. The number of nitrogens with zero attached hydrogens (tertiary/aromatic N) is 1. The summed E-state index contributed by atoms with van der Waals surface area (Å²) in [6, 6.07) is 11.8. The van der Waals surface area contributed by atoms with Gasteiger partial charge in [0.2, 0.25) is 0 Å². The van der Waals surface area contributed by atoms with E-state index in [0.29, 0.717) is 6.42 Å². The van der Waals surface area contributed by atoms with Gasteiger partial charge in [0.1, 0.15) is 0 Å². The summed E-state index contributed by atoms with van der Waals surface area (Å²) in [5, 5.41) is 2.85. The number of hydrogen-bond donors (Lipinski definition) is 1. The number of nitrogens with one attached hydrogen (secondary N) is 1. The first-order valence-electron chi connectivity index (χ1n) is 9.99. The average Bonchev–Trinajstić information content (AvgIpc) is 3.01. The van der Waals surface area contributed by atoms with Gasteiger partial charge in [-0.15, -0.1) is 6.58 Å². The van der Waals surface area contributed by atoms with Crippen LogP contribution in [-0.2, 0) is 9.53 Å². The van der Waals surface area contributed by atoms with Crippen LogP contribution in [0.3, 0.4) is 0 Å². The molecular formula is C24H24N2O5. The van der Waals surface area contributed by atoms with Crippen molar-refractivity contribution in [3.63, 3.8) is 0 Å². The lowest BCUT2D eigenvalue weighted by molar-refractivity contribution is -0.125. The molecule has 1 aliphatic rings. The Morgan fingerprint density at radius 3 is 2.42 bits per heavy atom. The minimum Gasteiger partial charge on any atom is -0.452 e. The van der Waals surface area contributed by atoms with Gasteiger partial charge < -0.3 is 10.1 Å². The number of carbonyl (C=O) groups excluding carboxylic acids is 4. The lowest BCUT2D eigenvalue weighted by atomic mass is 10.0. The standard InChI is InChI=1S/C24H24N2O5/c1-4-12-26-22(28)18-11-10-17(13-19(18)23(26)29)24(30)31-14-21(27)25-20(5-2)16-8-6-15(3)7-9-16/h4,6-11,13,20H,1,5,12,14H2,2-3H3,(H,25,27)/t20-/m1/s1. The van der Waals surface area contributed by atoms with Gasteiger partial charge in [0.05, 0.1) is 22.7 Å². The van der Waals surface area contributed by atoms with Crippen LogP contribution in [0, 0.1) is 6.92 Å². The molecule has 0 unspecified atom stereocenters. The van der Waals surface area contributed by atoms with Gasteiger partial charge in [-0.3, -0.25) is 19.3 Å². The van der Waals surface area contributed by atoms with Crippen LogP contribution in [0.15, 0.2) is 55.1 Å². The fraction of sp³-hybridized carbons (Fsp3) is 0.250. The van der Waals surface area contributed by atoms with Gasteiger partial charge in [0.15, 0.2) is 6.61 Å². The topological polar surface area (TPSA) is 92.8 Å². The number of rotatable bonds is 8. The summed E-state index contributed by atoms with van der Waals surface area (Å²) < 4.78 is 5.11. The zero-order chi connectivity index (χ0) is 22.5. The molecular weight excluding hydrogens is 396 g/mol. The summed E-state index contributed by atoms with van der Waals surface area (Å²) in [5.74, 6) is -2.09. The van der Waals surface area contributed by atoms with Gasteiger partial charge in [0.25, 0.3) is 17.7 Å². The Morgan fingerprint density at radius 1 is 1.10 bits per heavy atom. The van der Waals surface area contributed by atoms with E-state index in [1.54, 1.807) is 0 Å². The minimum atomic E-state index is -0.747. The van der Waals surface area contributed by atoms with Gasteiger partial charge in [-0.2, -0.15) is 0 Å². The number of aryl methyl sites for hydroxylation is 1. The van der Waals surface area contributed by atoms with Gasteiger partial charge in [-0.05, 0) is 37.1 Å². The second-order valence-corrected chi connectivity index (χ2v) is 7.29. The third-order valence-electron chi connectivity index (χ3n) is 5.08. The molecule has 1 heterocycles. The number of amides is 3. The predicted octanol–water partition coefficient (Wildman–Crippen LogP) is 3.20. The minimum absolute atomic E-state index is 0.0892. The summed E-state index contributed by atoms with van der Waals surface area (Å²) in [4.78, 5) is 50.4. The van der Waals surface area contributed by atoms with Crippen molar-refractivity contribution in [3.05, 3.63) is 82.9 Å². The Bertz CT molecular complexity index is 1040. The van der Waals surface area contributed by atoms with E-state index in [1.807, 2.05) is 38.1 Å². The smallest absolute Gasteiger partial charge is 0.338 e. The maximum atomic E-state index is 12.4. The summed E-state index contributed by atoms with van der Waals surface area (Å²) in [6.45, 7) is 7.11. The molecule has 1 N–H and O–H groups in total. The van der Waals surface area contributed by atoms with Gasteiger partial charge in [-0.1, -0.05) is 42.8 Å². The van der Waals surface area contributed by atoms with E-state index in [0.717, 1.165) is 16.0 Å². The van der Waals surface area contributed by atoms with Gasteiger partial charge in [0, 0.05) is 6.54 Å². The molecule has 7 nitrogen and oxygen atoms in total. The normalized spacial score (nSPS) is 13.5. The van der Waals surface area contributed by atoms with E-state index in [2.05, 4.69) is 11.9 Å². The molecule has 7 heteroatoms. The van der Waals surface area contributed by atoms with Crippen LogP contribution in [0.1, 0.15) is 61.6 Å². The molecule has 0 bridgehead atoms. The molecule has 0 radical (unpaired) electrons. The fourth-order valence-corrected chi connectivity index (χ4v) is 3.38. The van der Waals surface area contributed by atoms with E-state index in [1.165, 1.54) is 24.3 Å². The quantitative estimate of drug-likeness (QED) is 0.402. The molecule has 0 aromatic heterocycles. The molecule has 0 fully saturated rings. The highest BCUT2D eigenvalue weighted by Crippen LogP contribution is 2.24. The fourth-order valence-electron chi connectivity index (χ4n) is 3.38. The molecule has 0 spiro atoms.